The average Bonchev–Trinajstić information content (AvgIpc) is 2.62. The standard InChI is InChI=1S/C18H19FN4O2/c19-14-7-5-13(6-8-14)11-21-18(25)22-15-3-1-2-4-16(15)23-10-9-20-17(24)12-23/h1-8H,9-12H2,(H,20,24)(H2,21,22,25). The number of rotatable bonds is 4. The Hall–Kier alpha value is -3.09. The van der Waals surface area contributed by atoms with E-state index in [4.69, 9.17) is 0 Å². The Kier molecular flexibility index (Phi) is 5.13. The van der Waals surface area contributed by atoms with Crippen molar-refractivity contribution >= 4 is 23.3 Å². The van der Waals surface area contributed by atoms with Gasteiger partial charge in [0.05, 0.1) is 17.9 Å². The van der Waals surface area contributed by atoms with Crippen LogP contribution in [0.25, 0.3) is 0 Å². The molecular formula is C18H19FN4O2. The van der Waals surface area contributed by atoms with Crippen molar-refractivity contribution in [3.8, 4) is 0 Å². The Morgan fingerprint density at radius 3 is 2.68 bits per heavy atom. The van der Waals surface area contributed by atoms with Gasteiger partial charge in [0.2, 0.25) is 5.91 Å². The molecule has 1 aliphatic heterocycles. The summed E-state index contributed by atoms with van der Waals surface area (Å²) in [5.41, 5.74) is 2.24. The Morgan fingerprint density at radius 1 is 1.16 bits per heavy atom. The molecule has 1 heterocycles. The number of hydrogen-bond donors (Lipinski definition) is 3. The molecule has 0 aromatic heterocycles. The van der Waals surface area contributed by atoms with Crippen molar-refractivity contribution in [2.24, 2.45) is 0 Å². The summed E-state index contributed by atoms with van der Waals surface area (Å²) < 4.78 is 12.9. The minimum absolute atomic E-state index is 0.0400. The van der Waals surface area contributed by atoms with E-state index in [1.54, 1.807) is 18.2 Å². The number of amides is 3. The molecule has 2 aromatic rings. The third-order valence-corrected chi connectivity index (χ3v) is 3.90. The normalized spacial score (nSPS) is 14.0. The van der Waals surface area contributed by atoms with Gasteiger partial charge in [-0.05, 0) is 29.8 Å². The molecular weight excluding hydrogens is 323 g/mol. The number of anilines is 2. The molecule has 0 bridgehead atoms. The summed E-state index contributed by atoms with van der Waals surface area (Å²) in [6, 6.07) is 12.9. The molecule has 0 atom stereocenters. The molecule has 0 saturated carbocycles. The number of hydrogen-bond acceptors (Lipinski definition) is 3. The average molecular weight is 342 g/mol. The zero-order valence-corrected chi connectivity index (χ0v) is 13.6. The van der Waals surface area contributed by atoms with E-state index in [1.165, 1.54) is 12.1 Å². The quantitative estimate of drug-likeness (QED) is 0.796. The lowest BCUT2D eigenvalue weighted by Gasteiger charge is -2.30. The maximum atomic E-state index is 12.9. The Balaban J connectivity index is 1.63. The Labute approximate surface area is 145 Å². The van der Waals surface area contributed by atoms with Crippen LogP contribution in [0.4, 0.5) is 20.6 Å². The first-order chi connectivity index (χ1) is 12.1. The summed E-state index contributed by atoms with van der Waals surface area (Å²) in [4.78, 5) is 25.7. The number of carbonyl (C=O) groups is 2. The van der Waals surface area contributed by atoms with Crippen LogP contribution < -0.4 is 20.9 Å². The predicted molar refractivity (Wildman–Crippen MR) is 93.9 cm³/mol. The van der Waals surface area contributed by atoms with Gasteiger partial charge in [0, 0.05) is 19.6 Å². The molecule has 3 N–H and O–H groups in total. The van der Waals surface area contributed by atoms with Crippen molar-refractivity contribution in [3.63, 3.8) is 0 Å². The summed E-state index contributed by atoms with van der Waals surface area (Å²) in [5.74, 6) is -0.352. The molecule has 1 aliphatic rings. The predicted octanol–water partition coefficient (Wildman–Crippen LogP) is 2.08. The number of nitrogens with one attached hydrogen (secondary N) is 3. The van der Waals surface area contributed by atoms with Crippen LogP contribution in [0.2, 0.25) is 0 Å². The molecule has 3 rings (SSSR count). The smallest absolute Gasteiger partial charge is 0.319 e. The van der Waals surface area contributed by atoms with Crippen LogP contribution in [-0.4, -0.2) is 31.6 Å². The van der Waals surface area contributed by atoms with Crippen LogP contribution >= 0.6 is 0 Å². The van der Waals surface area contributed by atoms with Crippen molar-refractivity contribution in [2.75, 3.05) is 29.9 Å². The minimum atomic E-state index is -0.363. The molecule has 1 fully saturated rings. The molecule has 7 heteroatoms. The monoisotopic (exact) mass is 342 g/mol. The highest BCUT2D eigenvalue weighted by molar-refractivity contribution is 5.94. The van der Waals surface area contributed by atoms with Crippen molar-refractivity contribution < 1.29 is 14.0 Å². The van der Waals surface area contributed by atoms with Gasteiger partial charge in [-0.2, -0.15) is 0 Å². The molecule has 0 spiro atoms. The summed E-state index contributed by atoms with van der Waals surface area (Å²) in [6.07, 6.45) is 0. The van der Waals surface area contributed by atoms with Gasteiger partial charge < -0.3 is 20.9 Å². The highest BCUT2D eigenvalue weighted by atomic mass is 19.1. The number of para-hydroxylation sites is 2. The van der Waals surface area contributed by atoms with Gasteiger partial charge in [-0.3, -0.25) is 4.79 Å². The Bertz CT molecular complexity index is 764. The summed E-state index contributed by atoms with van der Waals surface area (Å²) in [5, 5.41) is 8.32. The molecule has 0 unspecified atom stereocenters. The number of piperazine rings is 1. The second-order valence-electron chi connectivity index (χ2n) is 5.72. The maximum Gasteiger partial charge on any atom is 0.319 e. The fourth-order valence-electron chi connectivity index (χ4n) is 2.65. The van der Waals surface area contributed by atoms with Crippen molar-refractivity contribution in [1.29, 1.82) is 0 Å². The van der Waals surface area contributed by atoms with E-state index in [9.17, 15) is 14.0 Å². The van der Waals surface area contributed by atoms with E-state index in [-0.39, 0.29) is 24.3 Å². The third-order valence-electron chi connectivity index (χ3n) is 3.90. The number of benzene rings is 2. The van der Waals surface area contributed by atoms with E-state index in [0.29, 0.717) is 25.3 Å². The van der Waals surface area contributed by atoms with E-state index in [0.717, 1.165) is 11.3 Å². The molecule has 2 aromatic carbocycles. The minimum Gasteiger partial charge on any atom is -0.359 e. The zero-order valence-electron chi connectivity index (χ0n) is 13.6. The Morgan fingerprint density at radius 2 is 1.92 bits per heavy atom. The molecule has 0 radical (unpaired) electrons. The second-order valence-corrected chi connectivity index (χ2v) is 5.72. The van der Waals surface area contributed by atoms with Crippen LogP contribution in [0.5, 0.6) is 0 Å². The van der Waals surface area contributed by atoms with Gasteiger partial charge in [-0.25, -0.2) is 9.18 Å². The van der Waals surface area contributed by atoms with E-state index < -0.39 is 0 Å². The van der Waals surface area contributed by atoms with E-state index in [2.05, 4.69) is 16.0 Å². The van der Waals surface area contributed by atoms with E-state index >= 15 is 0 Å². The number of halogens is 1. The summed E-state index contributed by atoms with van der Waals surface area (Å²) >= 11 is 0. The third kappa shape index (κ3) is 4.47. The number of nitrogens with zero attached hydrogens (tertiary/aromatic N) is 1. The van der Waals surface area contributed by atoms with Crippen LogP contribution in [0, 0.1) is 5.82 Å². The lowest BCUT2D eigenvalue weighted by molar-refractivity contribution is -0.120. The van der Waals surface area contributed by atoms with Crippen LogP contribution in [0.1, 0.15) is 5.56 Å². The van der Waals surface area contributed by atoms with Crippen molar-refractivity contribution in [2.45, 2.75) is 6.54 Å². The van der Waals surface area contributed by atoms with Gasteiger partial charge >= 0.3 is 6.03 Å². The highest BCUT2D eigenvalue weighted by Crippen LogP contribution is 2.25. The fourth-order valence-corrected chi connectivity index (χ4v) is 2.65. The summed E-state index contributed by atoms with van der Waals surface area (Å²) in [7, 11) is 0. The zero-order chi connectivity index (χ0) is 17.6. The lowest BCUT2D eigenvalue weighted by atomic mass is 10.2. The maximum absolute atomic E-state index is 12.9. The molecule has 0 aliphatic carbocycles. The van der Waals surface area contributed by atoms with Crippen molar-refractivity contribution in [3.05, 3.63) is 59.9 Å². The van der Waals surface area contributed by atoms with Gasteiger partial charge in [-0.1, -0.05) is 24.3 Å². The number of carbonyl (C=O) groups excluding carboxylic acids is 2. The molecule has 6 nitrogen and oxygen atoms in total. The fraction of sp³-hybridized carbons (Fsp3) is 0.222. The van der Waals surface area contributed by atoms with Crippen LogP contribution in [0.15, 0.2) is 48.5 Å². The molecule has 3 amide bonds. The van der Waals surface area contributed by atoms with Gasteiger partial charge in [0.25, 0.3) is 0 Å². The molecule has 25 heavy (non-hydrogen) atoms. The topological polar surface area (TPSA) is 73.5 Å². The first-order valence-electron chi connectivity index (χ1n) is 8.02. The second kappa shape index (κ2) is 7.65. The molecule has 1 saturated heterocycles. The summed E-state index contributed by atoms with van der Waals surface area (Å²) in [6.45, 7) is 1.81. The lowest BCUT2D eigenvalue weighted by Crippen LogP contribution is -2.48. The van der Waals surface area contributed by atoms with Gasteiger partial charge in [0.1, 0.15) is 5.82 Å². The van der Waals surface area contributed by atoms with Crippen molar-refractivity contribution in [1.82, 2.24) is 10.6 Å². The largest absolute Gasteiger partial charge is 0.359 e. The van der Waals surface area contributed by atoms with Crippen LogP contribution in [-0.2, 0) is 11.3 Å². The van der Waals surface area contributed by atoms with E-state index in [1.807, 2.05) is 23.1 Å². The van der Waals surface area contributed by atoms with Gasteiger partial charge in [0.15, 0.2) is 0 Å². The SMILES string of the molecule is O=C1CN(c2ccccc2NC(=O)NCc2ccc(F)cc2)CCN1. The number of urea groups is 1. The first kappa shape index (κ1) is 16.8. The molecule has 130 valence electrons. The van der Waals surface area contributed by atoms with Crippen LogP contribution in [0.3, 0.4) is 0 Å². The highest BCUT2D eigenvalue weighted by Gasteiger charge is 2.19. The first-order valence-corrected chi connectivity index (χ1v) is 8.02. The van der Waals surface area contributed by atoms with Gasteiger partial charge in [-0.15, -0.1) is 0 Å².